The number of benzene rings is 3. The third-order valence-electron chi connectivity index (χ3n) is 6.52. The zero-order chi connectivity index (χ0) is 25.8. The molecule has 2 N–H and O–H groups in total. The van der Waals surface area contributed by atoms with E-state index < -0.39 is 0 Å². The number of piperazine rings is 1. The van der Waals surface area contributed by atoms with E-state index in [-0.39, 0.29) is 5.91 Å². The summed E-state index contributed by atoms with van der Waals surface area (Å²) in [6, 6.07) is 19.7. The van der Waals surface area contributed by atoms with Crippen LogP contribution in [0.15, 0.2) is 79.5 Å². The quantitative estimate of drug-likeness (QED) is 0.353. The molecule has 3 aromatic carbocycles. The molecule has 2 heterocycles. The van der Waals surface area contributed by atoms with Crippen LogP contribution in [-0.4, -0.2) is 61.1 Å². The Morgan fingerprint density at radius 3 is 2.62 bits per heavy atom. The summed E-state index contributed by atoms with van der Waals surface area (Å²) in [5.74, 6) is 1.05. The number of carbonyl (C=O) groups excluding carboxylic acids is 1. The zero-order valence-electron chi connectivity index (χ0n) is 21.1. The van der Waals surface area contributed by atoms with E-state index in [1.165, 1.54) is 6.08 Å². The van der Waals surface area contributed by atoms with Crippen molar-refractivity contribution < 1.29 is 9.53 Å². The first-order valence-electron chi connectivity index (χ1n) is 12.2. The van der Waals surface area contributed by atoms with Gasteiger partial charge in [0.1, 0.15) is 5.75 Å². The van der Waals surface area contributed by atoms with Gasteiger partial charge >= 0.3 is 0 Å². The second-order valence-electron chi connectivity index (χ2n) is 9.01. The van der Waals surface area contributed by atoms with Gasteiger partial charge in [0.15, 0.2) is 0 Å². The number of methoxy groups -OCH3 is 1. The lowest BCUT2D eigenvalue weighted by atomic mass is 10.0. The third kappa shape index (κ3) is 5.39. The van der Waals surface area contributed by atoms with E-state index in [1.807, 2.05) is 60.8 Å². The number of nitrogens with one attached hydrogen (secondary N) is 2. The molecule has 5 rings (SSSR count). The maximum atomic E-state index is 11.8. The second-order valence-corrected chi connectivity index (χ2v) is 9.01. The van der Waals surface area contributed by atoms with E-state index >= 15 is 0 Å². The van der Waals surface area contributed by atoms with Crippen LogP contribution in [0.4, 0.5) is 23.0 Å². The average molecular weight is 495 g/mol. The molecule has 0 atom stereocenters. The second kappa shape index (κ2) is 10.7. The van der Waals surface area contributed by atoms with Gasteiger partial charge in [-0.1, -0.05) is 36.9 Å². The van der Waals surface area contributed by atoms with E-state index in [9.17, 15) is 4.79 Å². The van der Waals surface area contributed by atoms with Gasteiger partial charge in [0.25, 0.3) is 0 Å². The number of fused-ring (bicyclic) bond motifs is 1. The van der Waals surface area contributed by atoms with Gasteiger partial charge in [-0.3, -0.25) is 4.79 Å². The highest BCUT2D eigenvalue weighted by atomic mass is 16.5. The van der Waals surface area contributed by atoms with Crippen LogP contribution in [-0.2, 0) is 4.79 Å². The van der Waals surface area contributed by atoms with Crippen molar-refractivity contribution in [3.63, 3.8) is 0 Å². The lowest BCUT2D eigenvalue weighted by molar-refractivity contribution is -0.111. The van der Waals surface area contributed by atoms with Crippen LogP contribution in [0.1, 0.15) is 0 Å². The number of para-hydroxylation sites is 1. The number of hydrogen-bond donors (Lipinski definition) is 2. The maximum Gasteiger partial charge on any atom is 0.247 e. The molecule has 0 unspecified atom stereocenters. The summed E-state index contributed by atoms with van der Waals surface area (Å²) in [6.07, 6.45) is 3.07. The van der Waals surface area contributed by atoms with Gasteiger partial charge in [-0.05, 0) is 43.0 Å². The summed E-state index contributed by atoms with van der Waals surface area (Å²) in [7, 11) is 3.84. The number of rotatable bonds is 7. The number of amides is 1. The average Bonchev–Trinajstić information content (AvgIpc) is 2.93. The van der Waals surface area contributed by atoms with Crippen molar-refractivity contribution in [2.75, 3.05) is 55.9 Å². The fourth-order valence-corrected chi connectivity index (χ4v) is 4.50. The minimum Gasteiger partial charge on any atom is -0.495 e. The predicted molar refractivity (Wildman–Crippen MR) is 150 cm³/mol. The van der Waals surface area contributed by atoms with Gasteiger partial charge in [0.05, 0.1) is 18.3 Å². The largest absolute Gasteiger partial charge is 0.495 e. The molecular weight excluding hydrogens is 464 g/mol. The van der Waals surface area contributed by atoms with Crippen LogP contribution < -0.4 is 20.3 Å². The fraction of sp³-hybridized carbons (Fsp3) is 0.207. The van der Waals surface area contributed by atoms with Crippen LogP contribution in [0.5, 0.6) is 5.75 Å². The maximum absolute atomic E-state index is 11.8. The molecule has 8 nitrogen and oxygen atoms in total. The Kier molecular flexibility index (Phi) is 7.00. The molecular formula is C29H30N6O2. The molecule has 0 saturated carbocycles. The van der Waals surface area contributed by atoms with Crippen molar-refractivity contribution in [3.8, 4) is 16.9 Å². The topological polar surface area (TPSA) is 82.6 Å². The summed E-state index contributed by atoms with van der Waals surface area (Å²) < 4.78 is 5.73. The third-order valence-corrected chi connectivity index (χ3v) is 6.52. The SMILES string of the molecule is C=CC(=O)Nc1cccc(-c2cccc3cnc(Nc4ccc(N5CCN(C)CC5)c(OC)c4)nc23)c1. The number of aromatic nitrogens is 2. The molecule has 8 heteroatoms. The van der Waals surface area contributed by atoms with Crippen LogP contribution in [0.2, 0.25) is 0 Å². The Morgan fingerprint density at radius 1 is 1.03 bits per heavy atom. The molecule has 1 saturated heterocycles. The molecule has 4 aromatic rings. The van der Waals surface area contributed by atoms with Crippen LogP contribution in [0, 0.1) is 0 Å². The number of likely N-dealkylation sites (N-methyl/N-ethyl adjacent to an activating group) is 1. The Morgan fingerprint density at radius 2 is 1.84 bits per heavy atom. The zero-order valence-corrected chi connectivity index (χ0v) is 21.1. The van der Waals surface area contributed by atoms with E-state index in [0.29, 0.717) is 11.6 Å². The first-order valence-corrected chi connectivity index (χ1v) is 12.2. The Bertz CT molecular complexity index is 1450. The van der Waals surface area contributed by atoms with Crippen LogP contribution in [0.25, 0.3) is 22.0 Å². The molecule has 0 spiro atoms. The molecule has 1 aromatic heterocycles. The minimum atomic E-state index is -0.252. The lowest BCUT2D eigenvalue weighted by Gasteiger charge is -2.34. The number of carbonyl (C=O) groups is 1. The molecule has 1 aliphatic heterocycles. The molecule has 188 valence electrons. The summed E-state index contributed by atoms with van der Waals surface area (Å²) >= 11 is 0. The van der Waals surface area contributed by atoms with Gasteiger partial charge in [-0.15, -0.1) is 0 Å². The summed E-state index contributed by atoms with van der Waals surface area (Å²) in [5, 5.41) is 7.07. The van der Waals surface area contributed by atoms with Crippen molar-refractivity contribution >= 4 is 39.8 Å². The number of ether oxygens (including phenoxy) is 1. The van der Waals surface area contributed by atoms with Crippen molar-refractivity contribution in [1.82, 2.24) is 14.9 Å². The van der Waals surface area contributed by atoms with Crippen molar-refractivity contribution in [1.29, 1.82) is 0 Å². The van der Waals surface area contributed by atoms with E-state index in [0.717, 1.165) is 65.3 Å². The van der Waals surface area contributed by atoms with Gasteiger partial charge in [-0.2, -0.15) is 0 Å². The molecule has 37 heavy (non-hydrogen) atoms. The van der Waals surface area contributed by atoms with Gasteiger partial charge in [-0.25, -0.2) is 9.97 Å². The number of hydrogen-bond acceptors (Lipinski definition) is 7. The van der Waals surface area contributed by atoms with Gasteiger partial charge < -0.3 is 25.2 Å². The molecule has 0 radical (unpaired) electrons. The normalized spacial score (nSPS) is 13.8. The van der Waals surface area contributed by atoms with Crippen molar-refractivity contribution in [2.24, 2.45) is 0 Å². The lowest BCUT2D eigenvalue weighted by Crippen LogP contribution is -2.44. The number of nitrogens with zero attached hydrogens (tertiary/aromatic N) is 4. The minimum absolute atomic E-state index is 0.252. The summed E-state index contributed by atoms with van der Waals surface area (Å²) in [6.45, 7) is 7.51. The standard InChI is InChI=1S/C29H30N6O2/c1-4-27(36)31-22-9-5-7-20(17-22)24-10-6-8-21-19-30-29(33-28(21)24)32-23-11-12-25(26(18-23)37-3)35-15-13-34(2)14-16-35/h4-12,17-19H,1,13-16H2,2-3H3,(H,31,36)(H,30,32,33). The first-order chi connectivity index (χ1) is 18.0. The van der Waals surface area contributed by atoms with Gasteiger partial charge in [0.2, 0.25) is 11.9 Å². The molecule has 0 aliphatic carbocycles. The smallest absolute Gasteiger partial charge is 0.247 e. The van der Waals surface area contributed by atoms with E-state index in [2.05, 4.69) is 45.1 Å². The summed E-state index contributed by atoms with van der Waals surface area (Å²) in [4.78, 5) is 25.8. The Balaban J connectivity index is 1.43. The Hall–Kier alpha value is -4.43. The fourth-order valence-electron chi connectivity index (χ4n) is 4.50. The molecule has 1 aliphatic rings. The molecule has 1 fully saturated rings. The van der Waals surface area contributed by atoms with Gasteiger partial charge in [0, 0.05) is 60.8 Å². The van der Waals surface area contributed by atoms with Crippen LogP contribution in [0.3, 0.4) is 0 Å². The highest BCUT2D eigenvalue weighted by Crippen LogP contribution is 2.34. The highest BCUT2D eigenvalue weighted by Gasteiger charge is 2.18. The predicted octanol–water partition coefficient (Wildman–Crippen LogP) is 4.93. The highest BCUT2D eigenvalue weighted by molar-refractivity contribution is 6.00. The van der Waals surface area contributed by atoms with Crippen LogP contribution >= 0.6 is 0 Å². The molecule has 0 bridgehead atoms. The number of anilines is 4. The Labute approximate surface area is 216 Å². The van der Waals surface area contributed by atoms with E-state index in [4.69, 9.17) is 9.72 Å². The molecule has 1 amide bonds. The van der Waals surface area contributed by atoms with Crippen molar-refractivity contribution in [2.45, 2.75) is 0 Å². The van der Waals surface area contributed by atoms with Crippen molar-refractivity contribution in [3.05, 3.63) is 79.5 Å². The van der Waals surface area contributed by atoms with E-state index in [1.54, 1.807) is 7.11 Å². The first kappa shape index (κ1) is 24.3. The monoisotopic (exact) mass is 494 g/mol. The summed E-state index contributed by atoms with van der Waals surface area (Å²) in [5.41, 5.74) is 5.33.